The fraction of sp³-hybridized carbons (Fsp3) is 0.143. The summed E-state index contributed by atoms with van der Waals surface area (Å²) in [6, 6.07) is 16.2. The molecule has 0 spiro atoms. The smallest absolute Gasteiger partial charge is 0.257 e. The van der Waals surface area contributed by atoms with Crippen LogP contribution in [0.25, 0.3) is 0 Å². The summed E-state index contributed by atoms with van der Waals surface area (Å²) in [6.07, 6.45) is 1.52. The van der Waals surface area contributed by atoms with Gasteiger partial charge in [0.1, 0.15) is 5.82 Å². The van der Waals surface area contributed by atoms with E-state index in [0.717, 1.165) is 5.56 Å². The number of carbonyl (C=O) groups is 1. The number of anilines is 2. The molecule has 6 nitrogen and oxygen atoms in total. The Morgan fingerprint density at radius 3 is 2.50 bits per heavy atom. The Hall–Kier alpha value is -3.25. The molecule has 1 amide bonds. The minimum Gasteiger partial charge on any atom is -0.493 e. The number of methoxy groups -OCH3 is 2. The molecule has 0 saturated heterocycles. The van der Waals surface area contributed by atoms with Crippen molar-refractivity contribution in [3.8, 4) is 11.5 Å². The van der Waals surface area contributed by atoms with E-state index >= 15 is 0 Å². The molecule has 0 saturated carbocycles. The van der Waals surface area contributed by atoms with Gasteiger partial charge in [-0.3, -0.25) is 4.79 Å². The highest BCUT2D eigenvalue weighted by Gasteiger charge is 2.10. The molecule has 3 rings (SSSR count). The molecule has 2 N–H and O–H groups in total. The third-order valence-corrected chi connectivity index (χ3v) is 4.45. The summed E-state index contributed by atoms with van der Waals surface area (Å²) < 4.78 is 10.4. The number of nitrogens with zero attached hydrogens (tertiary/aromatic N) is 1. The second-order valence-corrected chi connectivity index (χ2v) is 6.31. The van der Waals surface area contributed by atoms with Gasteiger partial charge in [-0.2, -0.15) is 0 Å². The second-order valence-electron chi connectivity index (χ2n) is 5.90. The molecule has 0 unspecified atom stereocenters. The molecule has 28 heavy (non-hydrogen) atoms. The van der Waals surface area contributed by atoms with E-state index in [9.17, 15) is 4.79 Å². The van der Waals surface area contributed by atoms with Crippen molar-refractivity contribution in [3.63, 3.8) is 0 Å². The summed E-state index contributed by atoms with van der Waals surface area (Å²) in [5.41, 5.74) is 2.02. The summed E-state index contributed by atoms with van der Waals surface area (Å²) in [4.78, 5) is 16.7. The average Bonchev–Trinajstić information content (AvgIpc) is 2.73. The van der Waals surface area contributed by atoms with Crippen LogP contribution in [0.1, 0.15) is 15.9 Å². The van der Waals surface area contributed by atoms with E-state index in [4.69, 9.17) is 21.1 Å². The van der Waals surface area contributed by atoms with Crippen LogP contribution in [-0.2, 0) is 6.54 Å². The molecule has 0 atom stereocenters. The molecule has 1 aromatic heterocycles. The lowest BCUT2D eigenvalue weighted by atomic mass is 10.2. The van der Waals surface area contributed by atoms with Gasteiger partial charge >= 0.3 is 0 Å². The number of amides is 1. The van der Waals surface area contributed by atoms with Gasteiger partial charge < -0.3 is 20.1 Å². The fourth-order valence-electron chi connectivity index (χ4n) is 2.58. The van der Waals surface area contributed by atoms with Crippen molar-refractivity contribution in [1.82, 2.24) is 4.98 Å². The third kappa shape index (κ3) is 4.72. The second kappa shape index (κ2) is 9.10. The predicted molar refractivity (Wildman–Crippen MR) is 111 cm³/mol. The van der Waals surface area contributed by atoms with Gasteiger partial charge in [0.2, 0.25) is 0 Å². The quantitative estimate of drug-likeness (QED) is 0.608. The lowest BCUT2D eigenvalue weighted by Gasteiger charge is -2.11. The molecular weight excluding hydrogens is 378 g/mol. The molecule has 0 aliphatic carbocycles. The van der Waals surface area contributed by atoms with Crippen LogP contribution in [0.15, 0.2) is 60.8 Å². The first kappa shape index (κ1) is 19.5. The number of nitrogens with one attached hydrogen (secondary N) is 2. The number of halogens is 1. The molecule has 0 aliphatic rings. The van der Waals surface area contributed by atoms with E-state index in [2.05, 4.69) is 15.6 Å². The molecule has 144 valence electrons. The van der Waals surface area contributed by atoms with Gasteiger partial charge in [0.05, 0.1) is 19.8 Å². The lowest BCUT2D eigenvalue weighted by Crippen LogP contribution is -2.12. The van der Waals surface area contributed by atoms with Gasteiger partial charge in [-0.1, -0.05) is 29.8 Å². The Balaban J connectivity index is 1.63. The summed E-state index contributed by atoms with van der Waals surface area (Å²) in [5, 5.41) is 6.70. The van der Waals surface area contributed by atoms with Crippen LogP contribution >= 0.6 is 11.6 Å². The largest absolute Gasteiger partial charge is 0.493 e. The van der Waals surface area contributed by atoms with Gasteiger partial charge in [0, 0.05) is 29.5 Å². The predicted octanol–water partition coefficient (Wildman–Crippen LogP) is 4.62. The SMILES string of the molecule is COc1ccc(NC(=O)c2ccc(NCc3ccccc3Cl)nc2)cc1OC. The zero-order valence-electron chi connectivity index (χ0n) is 15.5. The zero-order chi connectivity index (χ0) is 19.9. The monoisotopic (exact) mass is 397 g/mol. The number of rotatable bonds is 7. The molecule has 2 aromatic carbocycles. The zero-order valence-corrected chi connectivity index (χ0v) is 16.3. The Morgan fingerprint density at radius 2 is 1.82 bits per heavy atom. The van der Waals surface area contributed by atoms with Crippen LogP contribution in [0.5, 0.6) is 11.5 Å². The standard InChI is InChI=1S/C21H20ClN3O3/c1-27-18-9-8-16(11-19(18)28-2)25-21(26)15-7-10-20(24-13-15)23-12-14-5-3-4-6-17(14)22/h3-11,13H,12H2,1-2H3,(H,23,24)(H,25,26). The Labute approximate surface area is 168 Å². The Bertz CT molecular complexity index is 961. The van der Waals surface area contributed by atoms with Crippen molar-refractivity contribution in [2.75, 3.05) is 24.9 Å². The first-order valence-corrected chi connectivity index (χ1v) is 8.95. The van der Waals surface area contributed by atoms with E-state index in [1.807, 2.05) is 24.3 Å². The molecule has 3 aromatic rings. The molecule has 7 heteroatoms. The number of hydrogen-bond acceptors (Lipinski definition) is 5. The average molecular weight is 398 g/mol. The van der Waals surface area contributed by atoms with E-state index in [1.54, 1.807) is 44.6 Å². The van der Waals surface area contributed by atoms with E-state index in [0.29, 0.717) is 40.1 Å². The molecular formula is C21H20ClN3O3. The number of pyridine rings is 1. The summed E-state index contributed by atoms with van der Waals surface area (Å²) in [5.74, 6) is 1.52. The van der Waals surface area contributed by atoms with Crippen molar-refractivity contribution in [2.45, 2.75) is 6.54 Å². The minimum absolute atomic E-state index is 0.266. The van der Waals surface area contributed by atoms with Gasteiger partial charge in [-0.05, 0) is 35.9 Å². The maximum Gasteiger partial charge on any atom is 0.257 e. The highest BCUT2D eigenvalue weighted by Crippen LogP contribution is 2.29. The number of aromatic nitrogens is 1. The van der Waals surface area contributed by atoms with Crippen LogP contribution in [0.3, 0.4) is 0 Å². The summed E-state index contributed by atoms with van der Waals surface area (Å²) >= 11 is 6.14. The van der Waals surface area contributed by atoms with Crippen LogP contribution in [0, 0.1) is 0 Å². The van der Waals surface area contributed by atoms with Crippen LogP contribution in [-0.4, -0.2) is 25.1 Å². The van der Waals surface area contributed by atoms with E-state index < -0.39 is 0 Å². The summed E-state index contributed by atoms with van der Waals surface area (Å²) in [7, 11) is 3.10. The highest BCUT2D eigenvalue weighted by molar-refractivity contribution is 6.31. The maximum atomic E-state index is 12.4. The number of ether oxygens (including phenoxy) is 2. The van der Waals surface area contributed by atoms with Gasteiger partial charge in [0.15, 0.2) is 11.5 Å². The lowest BCUT2D eigenvalue weighted by molar-refractivity contribution is 0.102. The minimum atomic E-state index is -0.266. The van der Waals surface area contributed by atoms with Crippen LogP contribution < -0.4 is 20.1 Å². The molecule has 0 bridgehead atoms. The van der Waals surface area contributed by atoms with Gasteiger partial charge in [0.25, 0.3) is 5.91 Å². The van der Waals surface area contributed by atoms with Gasteiger partial charge in [-0.25, -0.2) is 4.98 Å². The highest BCUT2D eigenvalue weighted by atomic mass is 35.5. The number of carbonyl (C=O) groups excluding carboxylic acids is 1. The Morgan fingerprint density at radius 1 is 1.04 bits per heavy atom. The summed E-state index contributed by atoms with van der Waals surface area (Å²) in [6.45, 7) is 0.545. The number of benzene rings is 2. The topological polar surface area (TPSA) is 72.5 Å². The normalized spacial score (nSPS) is 10.2. The van der Waals surface area contributed by atoms with Crippen molar-refractivity contribution >= 4 is 29.0 Å². The third-order valence-electron chi connectivity index (χ3n) is 4.08. The molecule has 0 aliphatic heterocycles. The first-order valence-electron chi connectivity index (χ1n) is 8.57. The molecule has 1 heterocycles. The molecule has 0 radical (unpaired) electrons. The fourth-order valence-corrected chi connectivity index (χ4v) is 2.78. The van der Waals surface area contributed by atoms with Crippen molar-refractivity contribution in [3.05, 3.63) is 76.9 Å². The van der Waals surface area contributed by atoms with Gasteiger partial charge in [-0.15, -0.1) is 0 Å². The Kier molecular flexibility index (Phi) is 6.34. The van der Waals surface area contributed by atoms with E-state index in [-0.39, 0.29) is 5.91 Å². The van der Waals surface area contributed by atoms with Crippen molar-refractivity contribution < 1.29 is 14.3 Å². The van der Waals surface area contributed by atoms with Crippen LogP contribution in [0.4, 0.5) is 11.5 Å². The van der Waals surface area contributed by atoms with Crippen LogP contribution in [0.2, 0.25) is 5.02 Å². The van der Waals surface area contributed by atoms with Crippen molar-refractivity contribution in [2.24, 2.45) is 0 Å². The molecule has 0 fully saturated rings. The maximum absolute atomic E-state index is 12.4. The van der Waals surface area contributed by atoms with Crippen molar-refractivity contribution in [1.29, 1.82) is 0 Å². The number of hydrogen-bond donors (Lipinski definition) is 2. The van der Waals surface area contributed by atoms with E-state index in [1.165, 1.54) is 6.20 Å². The first-order chi connectivity index (χ1) is 13.6.